The summed E-state index contributed by atoms with van der Waals surface area (Å²) in [5.74, 6) is -2.65. The smallest absolute Gasteiger partial charge is 0.332 e. The number of esters is 1. The number of amides is 3. The van der Waals surface area contributed by atoms with Crippen molar-refractivity contribution in [2.45, 2.75) is 33.8 Å². The Labute approximate surface area is 190 Å². The Hall–Kier alpha value is -1.52. The molecule has 4 atom stereocenters. The SMILES string of the molecule is C[C@@]1(O)CS[C@H]2C(N3C(=O)c4ccccc4C3=O)C(=O)N2C1C(=O)OCC(Cl)(Cl)Cl. The predicted octanol–water partition coefficient (Wildman–Crippen LogP) is 1.60. The average Bonchev–Trinajstić information content (AvgIpc) is 2.91. The highest BCUT2D eigenvalue weighted by molar-refractivity contribution is 8.00. The van der Waals surface area contributed by atoms with Gasteiger partial charge in [0.2, 0.25) is 3.79 Å². The lowest BCUT2D eigenvalue weighted by atomic mass is 9.90. The quantitative estimate of drug-likeness (QED) is 0.295. The molecular formula is C18H15Cl3N2O6S. The first-order valence-electron chi connectivity index (χ1n) is 8.80. The van der Waals surface area contributed by atoms with Crippen LogP contribution >= 0.6 is 46.6 Å². The van der Waals surface area contributed by atoms with Gasteiger partial charge in [0.15, 0.2) is 6.04 Å². The minimum atomic E-state index is -1.86. The molecule has 2 unspecified atom stereocenters. The average molecular weight is 494 g/mol. The van der Waals surface area contributed by atoms with E-state index in [1.807, 2.05) is 0 Å². The number of carbonyl (C=O) groups is 4. The number of benzene rings is 1. The Morgan fingerprint density at radius 2 is 1.80 bits per heavy atom. The molecule has 3 amide bonds. The number of hydrogen-bond acceptors (Lipinski definition) is 7. The topological polar surface area (TPSA) is 104 Å². The van der Waals surface area contributed by atoms with Crippen LogP contribution in [0, 0.1) is 0 Å². The number of fused-ring (bicyclic) bond motifs is 2. The first kappa shape index (κ1) is 21.7. The van der Waals surface area contributed by atoms with E-state index in [0.717, 1.165) is 9.80 Å². The van der Waals surface area contributed by atoms with E-state index in [0.29, 0.717) is 0 Å². The summed E-state index contributed by atoms with van der Waals surface area (Å²) in [5.41, 5.74) is -1.17. The Balaban J connectivity index is 1.59. The molecule has 1 aromatic carbocycles. The van der Waals surface area contributed by atoms with Crippen LogP contribution in [-0.2, 0) is 14.3 Å². The molecule has 0 saturated carbocycles. The molecule has 0 aliphatic carbocycles. The van der Waals surface area contributed by atoms with Gasteiger partial charge in [0, 0.05) is 5.75 Å². The number of nitrogens with zero attached hydrogens (tertiary/aromatic N) is 2. The number of ether oxygens (including phenoxy) is 1. The lowest BCUT2D eigenvalue weighted by Gasteiger charge is -2.57. The number of imide groups is 1. The van der Waals surface area contributed by atoms with Crippen LogP contribution in [0.1, 0.15) is 27.6 Å². The van der Waals surface area contributed by atoms with E-state index in [1.165, 1.54) is 30.8 Å². The van der Waals surface area contributed by atoms with Crippen LogP contribution in [-0.4, -0.2) is 77.8 Å². The van der Waals surface area contributed by atoms with Crippen LogP contribution in [0.15, 0.2) is 24.3 Å². The number of thioether (sulfide) groups is 1. The summed E-state index contributed by atoms with van der Waals surface area (Å²) < 4.78 is 3.14. The molecule has 8 nitrogen and oxygen atoms in total. The van der Waals surface area contributed by atoms with Crippen molar-refractivity contribution in [3.8, 4) is 0 Å². The summed E-state index contributed by atoms with van der Waals surface area (Å²) in [7, 11) is 0. The summed E-state index contributed by atoms with van der Waals surface area (Å²) in [4.78, 5) is 53.2. The third-order valence-electron chi connectivity index (χ3n) is 5.17. The monoisotopic (exact) mass is 492 g/mol. The molecule has 0 aromatic heterocycles. The maximum Gasteiger partial charge on any atom is 0.332 e. The number of carbonyl (C=O) groups excluding carboxylic acids is 4. The molecule has 3 heterocycles. The van der Waals surface area contributed by atoms with E-state index < -0.39 is 57.1 Å². The third kappa shape index (κ3) is 3.36. The first-order valence-corrected chi connectivity index (χ1v) is 11.0. The van der Waals surface area contributed by atoms with E-state index in [1.54, 1.807) is 12.1 Å². The zero-order valence-electron chi connectivity index (χ0n) is 15.4. The molecular weight excluding hydrogens is 479 g/mol. The van der Waals surface area contributed by atoms with Crippen LogP contribution in [0.25, 0.3) is 0 Å². The van der Waals surface area contributed by atoms with Crippen molar-refractivity contribution in [2.75, 3.05) is 12.4 Å². The minimum absolute atomic E-state index is 0.0641. The Bertz CT molecular complexity index is 930. The molecule has 1 aromatic rings. The van der Waals surface area contributed by atoms with Crippen LogP contribution < -0.4 is 0 Å². The zero-order valence-corrected chi connectivity index (χ0v) is 18.5. The minimum Gasteiger partial charge on any atom is -0.460 e. The van der Waals surface area contributed by atoms with Gasteiger partial charge >= 0.3 is 5.97 Å². The highest BCUT2D eigenvalue weighted by Gasteiger charge is 2.65. The Kier molecular flexibility index (Phi) is 5.26. The lowest BCUT2D eigenvalue weighted by molar-refractivity contribution is -0.179. The molecule has 3 aliphatic heterocycles. The van der Waals surface area contributed by atoms with E-state index in [4.69, 9.17) is 39.5 Å². The maximum absolute atomic E-state index is 13.0. The normalized spacial score (nSPS) is 30.7. The Morgan fingerprint density at radius 1 is 1.23 bits per heavy atom. The molecule has 0 radical (unpaired) electrons. The largest absolute Gasteiger partial charge is 0.460 e. The summed E-state index contributed by atoms with van der Waals surface area (Å²) in [5, 5.41) is 10.0. The summed E-state index contributed by atoms with van der Waals surface area (Å²) >= 11 is 18.0. The number of rotatable bonds is 3. The fourth-order valence-electron chi connectivity index (χ4n) is 3.85. The zero-order chi connectivity index (χ0) is 22.0. The van der Waals surface area contributed by atoms with Crippen LogP contribution in [0.5, 0.6) is 0 Å². The molecule has 3 aliphatic rings. The number of halogens is 3. The fourth-order valence-corrected chi connectivity index (χ4v) is 5.48. The second-order valence-electron chi connectivity index (χ2n) is 7.40. The second-order valence-corrected chi connectivity index (χ2v) is 11.0. The molecule has 160 valence electrons. The van der Waals surface area contributed by atoms with Crippen molar-refractivity contribution >= 4 is 70.3 Å². The van der Waals surface area contributed by atoms with Crippen molar-refractivity contribution in [1.82, 2.24) is 9.80 Å². The number of aliphatic hydroxyl groups is 1. The number of alkyl halides is 3. The second kappa shape index (κ2) is 7.27. The van der Waals surface area contributed by atoms with Crippen molar-refractivity contribution in [1.29, 1.82) is 0 Å². The van der Waals surface area contributed by atoms with Gasteiger partial charge in [0.25, 0.3) is 17.7 Å². The van der Waals surface area contributed by atoms with E-state index >= 15 is 0 Å². The van der Waals surface area contributed by atoms with Crippen LogP contribution in [0.4, 0.5) is 0 Å². The highest BCUT2D eigenvalue weighted by atomic mass is 35.6. The van der Waals surface area contributed by atoms with Gasteiger partial charge in [-0.2, -0.15) is 0 Å². The maximum atomic E-state index is 13.0. The fraction of sp³-hybridized carbons (Fsp3) is 0.444. The van der Waals surface area contributed by atoms with E-state index in [9.17, 15) is 24.3 Å². The summed E-state index contributed by atoms with van der Waals surface area (Å²) in [6.45, 7) is 0.824. The van der Waals surface area contributed by atoms with Crippen LogP contribution in [0.2, 0.25) is 0 Å². The predicted molar refractivity (Wildman–Crippen MR) is 109 cm³/mol. The lowest BCUT2D eigenvalue weighted by Crippen LogP contribution is -2.79. The van der Waals surface area contributed by atoms with Crippen molar-refractivity contribution in [2.24, 2.45) is 0 Å². The molecule has 0 spiro atoms. The molecule has 30 heavy (non-hydrogen) atoms. The van der Waals surface area contributed by atoms with Crippen molar-refractivity contribution in [3.05, 3.63) is 35.4 Å². The van der Waals surface area contributed by atoms with Gasteiger partial charge in [-0.3, -0.25) is 19.3 Å². The molecule has 0 bridgehead atoms. The standard InChI is InChI=1S/C18H15Cl3N2O6S/c1-17(28)7-30-15-10(22-12(24)8-4-2-3-5-9(8)13(22)25)14(26)23(15)11(17)16(27)29-6-18(19,20)21/h2-5,10-11,15,28H,6-7H2,1H3/t10?,11?,15-,17+/m0/s1. The van der Waals surface area contributed by atoms with E-state index in [2.05, 4.69) is 0 Å². The molecule has 1 N–H and O–H groups in total. The Morgan fingerprint density at radius 3 is 2.33 bits per heavy atom. The van der Waals surface area contributed by atoms with Gasteiger partial charge in [-0.05, 0) is 19.1 Å². The highest BCUT2D eigenvalue weighted by Crippen LogP contribution is 2.46. The van der Waals surface area contributed by atoms with Crippen molar-refractivity contribution < 1.29 is 29.0 Å². The number of hydrogen-bond donors (Lipinski definition) is 1. The summed E-state index contributed by atoms with van der Waals surface area (Å²) in [6.07, 6.45) is 0. The van der Waals surface area contributed by atoms with Gasteiger partial charge in [0.05, 0.1) is 11.1 Å². The molecule has 4 rings (SSSR count). The van der Waals surface area contributed by atoms with Gasteiger partial charge in [0.1, 0.15) is 23.6 Å². The molecule has 2 fully saturated rings. The first-order chi connectivity index (χ1) is 13.9. The third-order valence-corrected chi connectivity index (χ3v) is 7.08. The van der Waals surface area contributed by atoms with Crippen LogP contribution in [0.3, 0.4) is 0 Å². The van der Waals surface area contributed by atoms with Gasteiger partial charge in [-0.25, -0.2) is 4.79 Å². The molecule has 12 heteroatoms. The molecule has 2 saturated heterocycles. The van der Waals surface area contributed by atoms with Crippen molar-refractivity contribution in [3.63, 3.8) is 0 Å². The van der Waals surface area contributed by atoms with Gasteiger partial charge in [-0.15, -0.1) is 11.8 Å². The van der Waals surface area contributed by atoms with Gasteiger partial charge in [-0.1, -0.05) is 46.9 Å². The van der Waals surface area contributed by atoms with E-state index in [-0.39, 0.29) is 16.9 Å². The summed E-state index contributed by atoms with van der Waals surface area (Å²) in [6, 6.07) is 3.85. The number of β-lactam (4-membered cyclic amide) rings is 1. The van der Waals surface area contributed by atoms with Gasteiger partial charge < -0.3 is 14.7 Å².